The second-order valence-electron chi connectivity index (χ2n) is 5.28. The molecule has 0 radical (unpaired) electrons. The fourth-order valence-electron chi connectivity index (χ4n) is 2.95. The van der Waals surface area contributed by atoms with Gasteiger partial charge in [0.1, 0.15) is 12.1 Å². The van der Waals surface area contributed by atoms with Crippen LogP contribution in [0.2, 0.25) is 0 Å². The molecule has 0 bridgehead atoms. The number of halogens is 1. The maximum absolute atomic E-state index is 13.7. The van der Waals surface area contributed by atoms with Gasteiger partial charge in [-0.3, -0.25) is 0 Å². The molecular weight excluding hydrogens is 239 g/mol. The molecule has 3 heteroatoms. The van der Waals surface area contributed by atoms with Gasteiger partial charge in [0, 0.05) is 0 Å². The Bertz CT molecular complexity index is 508. The van der Waals surface area contributed by atoms with Crippen LogP contribution in [0.25, 0.3) is 0 Å². The molecule has 1 aromatic rings. The van der Waals surface area contributed by atoms with E-state index >= 15 is 0 Å². The minimum atomic E-state index is -0.684. The average molecular weight is 256 g/mol. The number of hydrogen-bond acceptors (Lipinski definition) is 2. The Labute approximate surface area is 113 Å². The first kappa shape index (κ1) is 13.6. The maximum atomic E-state index is 13.7. The zero-order valence-corrected chi connectivity index (χ0v) is 11.1. The monoisotopic (exact) mass is 256 g/mol. The lowest BCUT2D eigenvalue weighted by Crippen LogP contribution is -2.13. The molecule has 0 heterocycles. The highest BCUT2D eigenvalue weighted by atomic mass is 19.1. The lowest BCUT2D eigenvalue weighted by molar-refractivity contribution is 0.318. The second kappa shape index (κ2) is 5.85. The number of nitrogens with zero attached hydrogens (tertiary/aromatic N) is 2. The Hall–Kier alpha value is -1.87. The van der Waals surface area contributed by atoms with Gasteiger partial charge in [0.2, 0.25) is 0 Å². The van der Waals surface area contributed by atoms with Crippen molar-refractivity contribution in [2.24, 2.45) is 5.92 Å². The van der Waals surface area contributed by atoms with Gasteiger partial charge >= 0.3 is 0 Å². The van der Waals surface area contributed by atoms with E-state index in [0.29, 0.717) is 5.92 Å². The first-order valence-corrected chi connectivity index (χ1v) is 6.83. The van der Waals surface area contributed by atoms with Gasteiger partial charge in [-0.25, -0.2) is 4.39 Å². The Kier molecular flexibility index (Phi) is 4.17. The summed E-state index contributed by atoms with van der Waals surface area (Å²) in [6, 6.07) is 6.92. The van der Waals surface area contributed by atoms with Crippen LogP contribution >= 0.6 is 0 Å². The molecule has 0 N–H and O–H groups in total. The summed E-state index contributed by atoms with van der Waals surface area (Å²) in [5.74, 6) is 0.473. The molecule has 19 heavy (non-hydrogen) atoms. The van der Waals surface area contributed by atoms with E-state index in [2.05, 4.69) is 6.92 Å². The third kappa shape index (κ3) is 2.76. The molecule has 1 fully saturated rings. The minimum absolute atomic E-state index is 0.00772. The molecule has 1 aliphatic rings. The quantitative estimate of drug-likeness (QED) is 0.794. The largest absolute Gasteiger partial charge is 0.204 e. The van der Waals surface area contributed by atoms with Crippen molar-refractivity contribution in [1.82, 2.24) is 0 Å². The van der Waals surface area contributed by atoms with Crippen molar-refractivity contribution in [3.8, 4) is 12.1 Å². The molecule has 1 aliphatic carbocycles. The molecule has 0 unspecified atom stereocenters. The lowest BCUT2D eigenvalue weighted by Gasteiger charge is -2.28. The minimum Gasteiger partial charge on any atom is -0.204 e. The van der Waals surface area contributed by atoms with E-state index in [0.717, 1.165) is 24.3 Å². The van der Waals surface area contributed by atoms with Crippen molar-refractivity contribution in [2.45, 2.75) is 44.9 Å². The van der Waals surface area contributed by atoms with Crippen LogP contribution in [-0.2, 0) is 0 Å². The molecule has 2 nitrogen and oxygen atoms in total. The van der Waals surface area contributed by atoms with Gasteiger partial charge in [-0.1, -0.05) is 13.3 Å². The standard InChI is InChI=1S/C16H17FN2/c1-2-11-3-5-12(6-4-11)13-7-14(9-18)16(17)15(8-13)10-19/h7-8,11-12H,2-6H2,1H3. The third-order valence-corrected chi connectivity index (χ3v) is 4.23. The Morgan fingerprint density at radius 2 is 1.63 bits per heavy atom. The zero-order valence-electron chi connectivity index (χ0n) is 11.1. The molecule has 1 saturated carbocycles. The van der Waals surface area contributed by atoms with Crippen LogP contribution in [0.15, 0.2) is 12.1 Å². The zero-order chi connectivity index (χ0) is 13.8. The van der Waals surface area contributed by atoms with Gasteiger partial charge in [0.05, 0.1) is 11.1 Å². The fourth-order valence-corrected chi connectivity index (χ4v) is 2.95. The average Bonchev–Trinajstić information content (AvgIpc) is 2.47. The van der Waals surface area contributed by atoms with E-state index in [-0.39, 0.29) is 11.1 Å². The predicted octanol–water partition coefficient (Wildman–Crippen LogP) is 4.25. The van der Waals surface area contributed by atoms with Crippen LogP contribution in [0.4, 0.5) is 4.39 Å². The van der Waals surface area contributed by atoms with Crippen LogP contribution in [0.5, 0.6) is 0 Å². The highest BCUT2D eigenvalue weighted by Crippen LogP contribution is 2.37. The van der Waals surface area contributed by atoms with Crippen molar-refractivity contribution >= 4 is 0 Å². The van der Waals surface area contributed by atoms with E-state index in [1.54, 1.807) is 12.1 Å². The number of benzene rings is 1. The van der Waals surface area contributed by atoms with E-state index in [1.807, 2.05) is 12.1 Å². The van der Waals surface area contributed by atoms with Crippen LogP contribution in [-0.4, -0.2) is 0 Å². The van der Waals surface area contributed by atoms with Gasteiger partial charge in [-0.15, -0.1) is 0 Å². The predicted molar refractivity (Wildman–Crippen MR) is 70.8 cm³/mol. The van der Waals surface area contributed by atoms with E-state index < -0.39 is 5.82 Å². The van der Waals surface area contributed by atoms with Gasteiger partial charge in [0.25, 0.3) is 0 Å². The summed E-state index contributed by atoms with van der Waals surface area (Å²) in [5.41, 5.74) is 0.933. The molecular formula is C16H17FN2. The lowest BCUT2D eigenvalue weighted by atomic mass is 9.77. The van der Waals surface area contributed by atoms with Crippen molar-refractivity contribution in [2.75, 3.05) is 0 Å². The number of nitriles is 2. The SMILES string of the molecule is CCC1CCC(c2cc(C#N)c(F)c(C#N)c2)CC1. The van der Waals surface area contributed by atoms with Gasteiger partial charge < -0.3 is 0 Å². The summed E-state index contributed by atoms with van der Waals surface area (Å²) in [5, 5.41) is 17.9. The molecule has 0 aromatic heterocycles. The third-order valence-electron chi connectivity index (χ3n) is 4.23. The van der Waals surface area contributed by atoms with E-state index in [1.165, 1.54) is 19.3 Å². The maximum Gasteiger partial charge on any atom is 0.158 e. The van der Waals surface area contributed by atoms with E-state index in [9.17, 15) is 4.39 Å². The van der Waals surface area contributed by atoms with Crippen molar-refractivity contribution < 1.29 is 4.39 Å². The summed E-state index contributed by atoms with van der Waals surface area (Å²) in [6.45, 7) is 2.21. The van der Waals surface area contributed by atoms with Gasteiger partial charge in [0.15, 0.2) is 5.82 Å². The topological polar surface area (TPSA) is 47.6 Å². The van der Waals surface area contributed by atoms with Crippen molar-refractivity contribution in [1.29, 1.82) is 10.5 Å². The molecule has 0 amide bonds. The first-order chi connectivity index (χ1) is 9.19. The molecule has 98 valence electrons. The Morgan fingerprint density at radius 1 is 1.11 bits per heavy atom. The molecule has 2 rings (SSSR count). The van der Waals surface area contributed by atoms with Crippen LogP contribution in [0, 0.1) is 34.4 Å². The summed E-state index contributed by atoms with van der Waals surface area (Å²) in [6.07, 6.45) is 5.72. The Morgan fingerprint density at radius 3 is 2.05 bits per heavy atom. The van der Waals surface area contributed by atoms with Crippen molar-refractivity contribution in [3.05, 3.63) is 34.6 Å². The molecule has 0 saturated heterocycles. The highest BCUT2D eigenvalue weighted by Gasteiger charge is 2.23. The summed E-state index contributed by atoms with van der Waals surface area (Å²) in [7, 11) is 0. The normalized spacial score (nSPS) is 22.5. The Balaban J connectivity index is 2.27. The van der Waals surface area contributed by atoms with Gasteiger partial charge in [-0.2, -0.15) is 10.5 Å². The van der Waals surface area contributed by atoms with Crippen LogP contribution < -0.4 is 0 Å². The van der Waals surface area contributed by atoms with Crippen molar-refractivity contribution in [3.63, 3.8) is 0 Å². The summed E-state index contributed by atoms with van der Waals surface area (Å²) in [4.78, 5) is 0. The van der Waals surface area contributed by atoms with Crippen LogP contribution in [0.3, 0.4) is 0 Å². The van der Waals surface area contributed by atoms with Gasteiger partial charge in [-0.05, 0) is 55.2 Å². The number of rotatable bonds is 2. The molecule has 0 aliphatic heterocycles. The van der Waals surface area contributed by atoms with E-state index in [4.69, 9.17) is 10.5 Å². The molecule has 0 atom stereocenters. The summed E-state index contributed by atoms with van der Waals surface area (Å²) < 4.78 is 13.7. The van der Waals surface area contributed by atoms with Crippen LogP contribution in [0.1, 0.15) is 61.6 Å². The molecule has 1 aromatic carbocycles. The summed E-state index contributed by atoms with van der Waals surface area (Å²) >= 11 is 0. The first-order valence-electron chi connectivity index (χ1n) is 6.83. The fraction of sp³-hybridized carbons (Fsp3) is 0.500. The molecule has 0 spiro atoms. The second-order valence-corrected chi connectivity index (χ2v) is 5.28. The highest BCUT2D eigenvalue weighted by molar-refractivity contribution is 5.45. The smallest absolute Gasteiger partial charge is 0.158 e. The number of hydrogen-bond donors (Lipinski definition) is 0.